The molecule has 26 heavy (non-hydrogen) atoms. The largest absolute Gasteiger partial charge is 0.508 e. The number of aryl methyl sites for hydroxylation is 2. The molecule has 0 radical (unpaired) electrons. The zero-order valence-corrected chi connectivity index (χ0v) is 15.8. The number of benzene rings is 1. The third kappa shape index (κ3) is 2.68. The number of hydrogen-bond donors (Lipinski definition) is 3. The van der Waals surface area contributed by atoms with E-state index in [9.17, 15) is 10.3 Å². The summed E-state index contributed by atoms with van der Waals surface area (Å²) in [5.74, 6) is 0.242. The molecule has 4 N–H and O–H groups in total. The molecule has 0 aliphatic heterocycles. The van der Waals surface area contributed by atoms with Crippen molar-refractivity contribution >= 4 is 23.2 Å². The van der Waals surface area contributed by atoms with Crippen LogP contribution in [0.5, 0.6) is 5.75 Å². The minimum atomic E-state index is 0.0422. The molecule has 6 heteroatoms. The molecule has 1 aromatic carbocycles. The molecule has 0 saturated carbocycles. The van der Waals surface area contributed by atoms with Gasteiger partial charge in [0, 0.05) is 34.3 Å². The number of nitrogens with two attached hydrogens (primary N) is 1. The van der Waals surface area contributed by atoms with Crippen LogP contribution >= 0.6 is 11.3 Å². The lowest BCUT2D eigenvalue weighted by Crippen LogP contribution is -2.18. The number of hydrogen-bond acceptors (Lipinski definition) is 4. The highest BCUT2D eigenvalue weighted by Crippen LogP contribution is 2.44. The summed E-state index contributed by atoms with van der Waals surface area (Å²) in [5.41, 5.74) is 12.5. The lowest BCUT2D eigenvalue weighted by Gasteiger charge is -2.10. The van der Waals surface area contributed by atoms with E-state index in [2.05, 4.69) is 31.0 Å². The predicted molar refractivity (Wildman–Crippen MR) is 108 cm³/mol. The number of phenols is 1. The summed E-state index contributed by atoms with van der Waals surface area (Å²) in [6.07, 6.45) is 1.76. The van der Waals surface area contributed by atoms with Crippen LogP contribution in [0.4, 0.5) is 0 Å². The maximum absolute atomic E-state index is 9.66. The van der Waals surface area contributed by atoms with Gasteiger partial charge in [0.1, 0.15) is 5.75 Å². The quantitative estimate of drug-likeness (QED) is 0.275. The van der Waals surface area contributed by atoms with Gasteiger partial charge in [0.25, 0.3) is 0 Å². The maximum atomic E-state index is 9.66. The summed E-state index contributed by atoms with van der Waals surface area (Å²) < 4.78 is 1.89. The monoisotopic (exact) mass is 367 g/mol. The molecule has 0 fully saturated rings. The van der Waals surface area contributed by atoms with Crippen molar-refractivity contribution in [1.29, 1.82) is 0 Å². The molecule has 0 bridgehead atoms. The van der Waals surface area contributed by atoms with Gasteiger partial charge in [0.05, 0.1) is 5.69 Å². The predicted octanol–water partition coefficient (Wildman–Crippen LogP) is 4.48. The Bertz CT molecular complexity index is 991. The number of aromatic nitrogens is 1. The molecule has 134 valence electrons. The van der Waals surface area contributed by atoms with Gasteiger partial charge in [-0.3, -0.25) is 0 Å². The summed E-state index contributed by atoms with van der Waals surface area (Å²) in [6.45, 7) is 8.06. The van der Waals surface area contributed by atoms with E-state index in [1.165, 1.54) is 0 Å². The number of oxime groups is 1. The number of nitrogens with zero attached hydrogens (tertiary/aromatic N) is 2. The van der Waals surface area contributed by atoms with Gasteiger partial charge in [-0.25, -0.2) is 0 Å². The first-order valence-electron chi connectivity index (χ1n) is 8.08. The standard InChI is InChI=1S/C20H21N3O2S/c1-5-15-17(13-6-8-14(24)9-7-13)18(16-11(2)10-26-12(16)3)19(23(15)4)20(21)22-25/h5-10,24-25H,1H2,2-4H3,(H2,21,22). The zero-order valence-electron chi connectivity index (χ0n) is 14.9. The van der Waals surface area contributed by atoms with Gasteiger partial charge >= 0.3 is 0 Å². The minimum Gasteiger partial charge on any atom is -0.508 e. The summed E-state index contributed by atoms with van der Waals surface area (Å²) >= 11 is 1.66. The van der Waals surface area contributed by atoms with Gasteiger partial charge in [0.2, 0.25) is 0 Å². The van der Waals surface area contributed by atoms with Crippen molar-refractivity contribution in [2.24, 2.45) is 17.9 Å². The molecule has 0 spiro atoms. The zero-order chi connectivity index (χ0) is 19.0. The average molecular weight is 367 g/mol. The second kappa shape index (κ2) is 6.72. The molecule has 0 aliphatic carbocycles. The number of aromatic hydroxyl groups is 1. The fraction of sp³-hybridized carbons (Fsp3) is 0.150. The normalized spacial score (nSPS) is 11.7. The van der Waals surface area contributed by atoms with E-state index in [-0.39, 0.29) is 11.6 Å². The van der Waals surface area contributed by atoms with Crippen LogP contribution in [0.1, 0.15) is 21.8 Å². The van der Waals surface area contributed by atoms with Crippen LogP contribution in [-0.4, -0.2) is 20.7 Å². The number of amidine groups is 1. The van der Waals surface area contributed by atoms with Crippen LogP contribution in [0.25, 0.3) is 28.3 Å². The Hall–Kier alpha value is -2.99. The van der Waals surface area contributed by atoms with E-state index < -0.39 is 0 Å². The molecule has 0 aliphatic rings. The summed E-state index contributed by atoms with van der Waals surface area (Å²) in [4.78, 5) is 1.15. The van der Waals surface area contributed by atoms with Gasteiger partial charge in [-0.15, -0.1) is 11.3 Å². The smallest absolute Gasteiger partial charge is 0.187 e. The Morgan fingerprint density at radius 1 is 1.19 bits per heavy atom. The summed E-state index contributed by atoms with van der Waals surface area (Å²) in [5, 5.41) is 24.4. The Kier molecular flexibility index (Phi) is 4.61. The fourth-order valence-electron chi connectivity index (χ4n) is 3.40. The van der Waals surface area contributed by atoms with E-state index in [4.69, 9.17) is 5.73 Å². The highest BCUT2D eigenvalue weighted by Gasteiger charge is 2.27. The van der Waals surface area contributed by atoms with Gasteiger partial charge in [-0.05, 0) is 48.6 Å². The topological polar surface area (TPSA) is 83.8 Å². The number of phenolic OH excluding ortho intramolecular Hbond substituents is 1. The van der Waals surface area contributed by atoms with Gasteiger partial charge in [0.15, 0.2) is 5.84 Å². The van der Waals surface area contributed by atoms with E-state index in [1.54, 1.807) is 29.5 Å². The highest BCUT2D eigenvalue weighted by atomic mass is 32.1. The van der Waals surface area contributed by atoms with Crippen LogP contribution in [-0.2, 0) is 7.05 Å². The Balaban J connectivity index is 2.50. The van der Waals surface area contributed by atoms with Crippen molar-refractivity contribution in [3.63, 3.8) is 0 Å². The van der Waals surface area contributed by atoms with Crippen LogP contribution in [0.3, 0.4) is 0 Å². The summed E-state index contributed by atoms with van der Waals surface area (Å²) in [6, 6.07) is 7.01. The fourth-order valence-corrected chi connectivity index (χ4v) is 4.25. The molecule has 0 atom stereocenters. The molecule has 0 amide bonds. The van der Waals surface area contributed by atoms with Crippen LogP contribution < -0.4 is 5.73 Å². The third-order valence-corrected chi connectivity index (χ3v) is 5.58. The van der Waals surface area contributed by atoms with E-state index in [0.717, 1.165) is 38.4 Å². The van der Waals surface area contributed by atoms with E-state index in [1.807, 2.05) is 23.7 Å². The van der Waals surface area contributed by atoms with Crippen LogP contribution in [0, 0.1) is 13.8 Å². The molecule has 3 rings (SSSR count). The minimum absolute atomic E-state index is 0.0422. The van der Waals surface area contributed by atoms with Crippen LogP contribution in [0.2, 0.25) is 0 Å². The van der Waals surface area contributed by atoms with Crippen molar-refractivity contribution in [2.75, 3.05) is 0 Å². The van der Waals surface area contributed by atoms with Crippen molar-refractivity contribution < 1.29 is 10.3 Å². The Morgan fingerprint density at radius 2 is 1.85 bits per heavy atom. The Morgan fingerprint density at radius 3 is 2.35 bits per heavy atom. The molecule has 0 unspecified atom stereocenters. The second-order valence-electron chi connectivity index (χ2n) is 6.13. The lowest BCUT2D eigenvalue weighted by molar-refractivity contribution is 0.318. The highest BCUT2D eigenvalue weighted by molar-refractivity contribution is 7.10. The first-order chi connectivity index (χ1) is 12.4. The summed E-state index contributed by atoms with van der Waals surface area (Å²) in [7, 11) is 1.87. The molecular weight excluding hydrogens is 346 g/mol. The van der Waals surface area contributed by atoms with Crippen LogP contribution in [0.15, 0.2) is 41.4 Å². The van der Waals surface area contributed by atoms with Crippen molar-refractivity contribution in [3.8, 4) is 28.0 Å². The van der Waals surface area contributed by atoms with Gasteiger partial charge < -0.3 is 20.6 Å². The van der Waals surface area contributed by atoms with E-state index in [0.29, 0.717) is 5.69 Å². The van der Waals surface area contributed by atoms with Crippen molar-refractivity contribution in [1.82, 2.24) is 4.57 Å². The molecule has 2 heterocycles. The first-order valence-corrected chi connectivity index (χ1v) is 8.96. The van der Waals surface area contributed by atoms with E-state index >= 15 is 0 Å². The van der Waals surface area contributed by atoms with Gasteiger partial charge in [-0.2, -0.15) is 0 Å². The molecule has 3 aromatic rings. The molecular formula is C20H21N3O2S. The van der Waals surface area contributed by atoms with Crippen molar-refractivity contribution in [3.05, 3.63) is 58.1 Å². The number of thiophene rings is 1. The molecule has 0 saturated heterocycles. The van der Waals surface area contributed by atoms with Crippen molar-refractivity contribution in [2.45, 2.75) is 13.8 Å². The molecule has 2 aromatic heterocycles. The first kappa shape index (κ1) is 17.8. The Labute approximate surface area is 156 Å². The maximum Gasteiger partial charge on any atom is 0.187 e. The van der Waals surface area contributed by atoms with Gasteiger partial charge in [-0.1, -0.05) is 23.9 Å². The average Bonchev–Trinajstić information content (AvgIpc) is 3.10. The third-order valence-electron chi connectivity index (χ3n) is 4.55. The SMILES string of the molecule is C=Cc1c(-c2ccc(O)cc2)c(-c2c(C)csc2C)c(C(N)=NO)n1C. The number of rotatable bonds is 4. The second-order valence-corrected chi connectivity index (χ2v) is 7.21. The lowest BCUT2D eigenvalue weighted by atomic mass is 9.93. The molecule has 5 nitrogen and oxygen atoms in total.